The van der Waals surface area contributed by atoms with Gasteiger partial charge in [-0.05, 0) is 24.6 Å². The van der Waals surface area contributed by atoms with Crippen LogP contribution in [0.15, 0.2) is 42.7 Å². The molecule has 5 nitrogen and oxygen atoms in total. The highest BCUT2D eigenvalue weighted by Gasteiger charge is 2.01. The Balaban J connectivity index is 1.63. The van der Waals surface area contributed by atoms with E-state index in [1.807, 2.05) is 13.2 Å². The molecule has 1 aromatic heterocycles. The Morgan fingerprint density at radius 3 is 3.00 bits per heavy atom. The number of carbonyl (C=O) groups excluding carboxylic acids is 1. The van der Waals surface area contributed by atoms with Crippen LogP contribution in [0.1, 0.15) is 12.0 Å². The van der Waals surface area contributed by atoms with Crippen LogP contribution in [-0.2, 0) is 11.8 Å². The molecule has 1 aromatic carbocycles. The Labute approximate surface area is 128 Å². The van der Waals surface area contributed by atoms with Gasteiger partial charge < -0.3 is 10.1 Å². The standard InChI is InChI=1S/C16H18FN3O2/c1-20-12-13(11-19-20)7-8-16(21)18-9-4-10-22-15-6-3-2-5-14(15)17/h2-3,5-8,11-12H,4,9-10H2,1H3,(H,18,21)/b8-7+. The van der Waals surface area contributed by atoms with E-state index in [4.69, 9.17) is 4.74 Å². The number of nitrogens with one attached hydrogen (secondary N) is 1. The predicted molar refractivity (Wildman–Crippen MR) is 81.8 cm³/mol. The topological polar surface area (TPSA) is 56.2 Å². The number of aromatic nitrogens is 2. The summed E-state index contributed by atoms with van der Waals surface area (Å²) in [5, 5.41) is 6.74. The minimum absolute atomic E-state index is 0.185. The number of benzene rings is 1. The van der Waals surface area contributed by atoms with Crippen molar-refractivity contribution < 1.29 is 13.9 Å². The molecule has 0 saturated carbocycles. The summed E-state index contributed by atoms with van der Waals surface area (Å²) >= 11 is 0. The van der Waals surface area contributed by atoms with Crippen LogP contribution < -0.4 is 10.1 Å². The smallest absolute Gasteiger partial charge is 0.244 e. The van der Waals surface area contributed by atoms with Crippen LogP contribution >= 0.6 is 0 Å². The Hall–Kier alpha value is -2.63. The SMILES string of the molecule is Cn1cc(/C=C/C(=O)NCCCOc2ccccc2F)cn1. The van der Waals surface area contributed by atoms with Crippen LogP contribution in [0, 0.1) is 5.82 Å². The lowest BCUT2D eigenvalue weighted by atomic mass is 10.3. The molecule has 0 radical (unpaired) electrons. The van der Waals surface area contributed by atoms with E-state index in [0.29, 0.717) is 19.6 Å². The van der Waals surface area contributed by atoms with Crippen LogP contribution in [0.3, 0.4) is 0 Å². The monoisotopic (exact) mass is 303 g/mol. The normalized spacial score (nSPS) is 10.8. The van der Waals surface area contributed by atoms with Crippen LogP contribution in [0.4, 0.5) is 4.39 Å². The third kappa shape index (κ3) is 5.05. The molecule has 0 atom stereocenters. The van der Waals surface area contributed by atoms with Crippen molar-refractivity contribution in [3.63, 3.8) is 0 Å². The largest absolute Gasteiger partial charge is 0.490 e. The summed E-state index contributed by atoms with van der Waals surface area (Å²) in [7, 11) is 1.81. The number of aryl methyl sites for hydroxylation is 1. The molecule has 0 aliphatic rings. The Morgan fingerprint density at radius 2 is 2.27 bits per heavy atom. The second kappa shape index (κ2) is 7.97. The third-order valence-corrected chi connectivity index (χ3v) is 2.87. The summed E-state index contributed by atoms with van der Waals surface area (Å²) in [5.41, 5.74) is 0.862. The first-order valence-electron chi connectivity index (χ1n) is 6.97. The number of hydrogen-bond acceptors (Lipinski definition) is 3. The third-order valence-electron chi connectivity index (χ3n) is 2.87. The van der Waals surface area contributed by atoms with Crippen LogP contribution in [0.2, 0.25) is 0 Å². The molecule has 1 heterocycles. The van der Waals surface area contributed by atoms with Crippen LogP contribution in [0.5, 0.6) is 5.75 Å². The van der Waals surface area contributed by atoms with Gasteiger partial charge in [0.15, 0.2) is 11.6 Å². The summed E-state index contributed by atoms with van der Waals surface area (Å²) in [5.74, 6) is -0.342. The maximum atomic E-state index is 13.3. The molecular weight excluding hydrogens is 285 g/mol. The van der Waals surface area contributed by atoms with Gasteiger partial charge in [0.2, 0.25) is 5.91 Å². The van der Waals surface area contributed by atoms with Crippen molar-refractivity contribution in [3.05, 3.63) is 54.1 Å². The molecule has 1 amide bonds. The molecule has 1 N–H and O–H groups in total. The van der Waals surface area contributed by atoms with Gasteiger partial charge in [0, 0.05) is 31.4 Å². The zero-order valence-electron chi connectivity index (χ0n) is 12.3. The summed E-state index contributed by atoms with van der Waals surface area (Å²) in [6, 6.07) is 6.24. The number of hydrogen-bond donors (Lipinski definition) is 1. The number of carbonyl (C=O) groups is 1. The molecular formula is C16H18FN3O2. The van der Waals surface area contributed by atoms with Crippen molar-refractivity contribution >= 4 is 12.0 Å². The number of rotatable bonds is 7. The second-order valence-corrected chi connectivity index (χ2v) is 4.70. The molecule has 116 valence electrons. The lowest BCUT2D eigenvalue weighted by Crippen LogP contribution is -2.23. The van der Waals surface area contributed by atoms with Gasteiger partial charge in [0.25, 0.3) is 0 Å². The minimum Gasteiger partial charge on any atom is -0.490 e. The molecule has 2 rings (SSSR count). The number of ether oxygens (including phenoxy) is 1. The van der Waals surface area contributed by atoms with Crippen molar-refractivity contribution in [2.45, 2.75) is 6.42 Å². The molecule has 0 saturated heterocycles. The molecule has 0 unspecified atom stereocenters. The van der Waals surface area contributed by atoms with Crippen LogP contribution in [0.25, 0.3) is 6.08 Å². The number of para-hydroxylation sites is 1. The van der Waals surface area contributed by atoms with E-state index in [0.717, 1.165) is 5.56 Å². The lowest BCUT2D eigenvalue weighted by molar-refractivity contribution is -0.116. The van der Waals surface area contributed by atoms with Gasteiger partial charge >= 0.3 is 0 Å². The van der Waals surface area contributed by atoms with Gasteiger partial charge in [-0.3, -0.25) is 9.48 Å². The predicted octanol–water partition coefficient (Wildman–Crippen LogP) is 2.16. The summed E-state index contributed by atoms with van der Waals surface area (Å²) in [4.78, 5) is 11.6. The molecule has 0 aliphatic carbocycles. The van der Waals surface area contributed by atoms with Gasteiger partial charge in [0.05, 0.1) is 12.8 Å². The van der Waals surface area contributed by atoms with E-state index in [1.165, 1.54) is 12.1 Å². The molecule has 0 aliphatic heterocycles. The first-order valence-corrected chi connectivity index (χ1v) is 6.97. The number of amides is 1. The van der Waals surface area contributed by atoms with E-state index >= 15 is 0 Å². The fourth-order valence-electron chi connectivity index (χ4n) is 1.78. The zero-order chi connectivity index (χ0) is 15.8. The molecule has 6 heteroatoms. The molecule has 22 heavy (non-hydrogen) atoms. The highest BCUT2D eigenvalue weighted by atomic mass is 19.1. The van der Waals surface area contributed by atoms with Crippen molar-refractivity contribution in [1.82, 2.24) is 15.1 Å². The fourth-order valence-corrected chi connectivity index (χ4v) is 1.78. The van der Waals surface area contributed by atoms with Crippen molar-refractivity contribution in [2.24, 2.45) is 7.05 Å². The quantitative estimate of drug-likeness (QED) is 0.630. The van der Waals surface area contributed by atoms with Gasteiger partial charge in [-0.25, -0.2) is 4.39 Å². The van der Waals surface area contributed by atoms with Gasteiger partial charge in [-0.15, -0.1) is 0 Å². The summed E-state index contributed by atoms with van der Waals surface area (Å²) in [6.45, 7) is 0.804. The first kappa shape index (κ1) is 15.8. The second-order valence-electron chi connectivity index (χ2n) is 4.70. The summed E-state index contributed by atoms with van der Waals surface area (Å²) < 4.78 is 20.2. The molecule has 0 spiro atoms. The van der Waals surface area contributed by atoms with Gasteiger partial charge in [-0.2, -0.15) is 5.10 Å². The maximum absolute atomic E-state index is 13.3. The maximum Gasteiger partial charge on any atom is 0.244 e. The van der Waals surface area contributed by atoms with E-state index in [1.54, 1.807) is 35.2 Å². The zero-order valence-corrected chi connectivity index (χ0v) is 12.3. The van der Waals surface area contributed by atoms with Crippen molar-refractivity contribution in [2.75, 3.05) is 13.2 Å². The molecule has 0 fully saturated rings. The Kier molecular flexibility index (Phi) is 5.71. The van der Waals surface area contributed by atoms with Gasteiger partial charge in [-0.1, -0.05) is 12.1 Å². The van der Waals surface area contributed by atoms with E-state index in [9.17, 15) is 9.18 Å². The molecule has 0 bridgehead atoms. The fraction of sp³-hybridized carbons (Fsp3) is 0.250. The first-order chi connectivity index (χ1) is 10.6. The van der Waals surface area contributed by atoms with E-state index in [-0.39, 0.29) is 17.5 Å². The highest BCUT2D eigenvalue weighted by molar-refractivity contribution is 5.91. The number of halogens is 1. The molecule has 2 aromatic rings. The number of nitrogens with zero attached hydrogens (tertiary/aromatic N) is 2. The highest BCUT2D eigenvalue weighted by Crippen LogP contribution is 2.15. The lowest BCUT2D eigenvalue weighted by Gasteiger charge is -2.07. The van der Waals surface area contributed by atoms with Crippen molar-refractivity contribution in [1.29, 1.82) is 0 Å². The van der Waals surface area contributed by atoms with E-state index < -0.39 is 0 Å². The Bertz CT molecular complexity index is 652. The Morgan fingerprint density at radius 1 is 1.45 bits per heavy atom. The average Bonchev–Trinajstić information content (AvgIpc) is 2.92. The minimum atomic E-state index is -0.383. The average molecular weight is 303 g/mol. The van der Waals surface area contributed by atoms with Crippen molar-refractivity contribution in [3.8, 4) is 5.75 Å². The summed E-state index contributed by atoms with van der Waals surface area (Å²) in [6.07, 6.45) is 7.23. The van der Waals surface area contributed by atoms with E-state index in [2.05, 4.69) is 10.4 Å². The van der Waals surface area contributed by atoms with Gasteiger partial charge in [0.1, 0.15) is 0 Å². The van der Waals surface area contributed by atoms with Crippen LogP contribution in [-0.4, -0.2) is 28.8 Å².